The SMILES string of the molecule is Cc1ccnc(Nc2ccc(NC(=O)Cc3ccccc3)cc2)n1. The predicted molar refractivity (Wildman–Crippen MR) is 95.3 cm³/mol. The van der Waals surface area contributed by atoms with Crippen molar-refractivity contribution < 1.29 is 4.79 Å². The Morgan fingerprint density at radius 3 is 2.38 bits per heavy atom. The van der Waals surface area contributed by atoms with Crippen molar-refractivity contribution in [2.75, 3.05) is 10.6 Å². The average Bonchev–Trinajstić information content (AvgIpc) is 2.57. The maximum Gasteiger partial charge on any atom is 0.228 e. The van der Waals surface area contributed by atoms with Crippen LogP contribution in [0.5, 0.6) is 0 Å². The third-order valence-electron chi connectivity index (χ3n) is 3.43. The Morgan fingerprint density at radius 1 is 0.958 bits per heavy atom. The molecule has 2 N–H and O–H groups in total. The first-order chi connectivity index (χ1) is 11.7. The first-order valence-corrected chi connectivity index (χ1v) is 7.69. The third-order valence-corrected chi connectivity index (χ3v) is 3.43. The molecule has 5 nitrogen and oxygen atoms in total. The van der Waals surface area contributed by atoms with Gasteiger partial charge in [0.25, 0.3) is 0 Å². The number of aryl methyl sites for hydroxylation is 1. The minimum atomic E-state index is -0.0380. The van der Waals surface area contributed by atoms with Crippen LogP contribution >= 0.6 is 0 Å². The Morgan fingerprint density at radius 2 is 1.67 bits per heavy atom. The van der Waals surface area contributed by atoms with Crippen LogP contribution in [-0.2, 0) is 11.2 Å². The molecule has 0 aliphatic rings. The third kappa shape index (κ3) is 4.39. The van der Waals surface area contributed by atoms with E-state index < -0.39 is 0 Å². The lowest BCUT2D eigenvalue weighted by Crippen LogP contribution is -2.14. The second-order valence-corrected chi connectivity index (χ2v) is 5.43. The number of amides is 1. The molecule has 3 aromatic rings. The number of anilines is 3. The summed E-state index contributed by atoms with van der Waals surface area (Å²) in [5.41, 5.74) is 3.51. The molecule has 5 heteroatoms. The highest BCUT2D eigenvalue weighted by atomic mass is 16.1. The number of rotatable bonds is 5. The Hall–Kier alpha value is -3.21. The first kappa shape index (κ1) is 15.7. The van der Waals surface area contributed by atoms with Gasteiger partial charge in [0.2, 0.25) is 11.9 Å². The molecule has 2 aromatic carbocycles. The van der Waals surface area contributed by atoms with Gasteiger partial charge in [-0.05, 0) is 42.8 Å². The van der Waals surface area contributed by atoms with Crippen LogP contribution in [0.25, 0.3) is 0 Å². The van der Waals surface area contributed by atoms with Gasteiger partial charge in [-0.3, -0.25) is 4.79 Å². The largest absolute Gasteiger partial charge is 0.326 e. The highest BCUT2D eigenvalue weighted by Gasteiger charge is 2.04. The van der Waals surface area contributed by atoms with Crippen molar-refractivity contribution in [1.82, 2.24) is 9.97 Å². The molecule has 0 unspecified atom stereocenters. The van der Waals surface area contributed by atoms with Crippen molar-refractivity contribution >= 4 is 23.2 Å². The molecular formula is C19H18N4O. The molecule has 0 atom stereocenters. The normalized spacial score (nSPS) is 10.2. The number of carbonyl (C=O) groups excluding carboxylic acids is 1. The summed E-state index contributed by atoms with van der Waals surface area (Å²) in [5, 5.41) is 6.02. The van der Waals surface area contributed by atoms with E-state index in [0.29, 0.717) is 12.4 Å². The van der Waals surface area contributed by atoms with Gasteiger partial charge in [0.05, 0.1) is 6.42 Å². The summed E-state index contributed by atoms with van der Waals surface area (Å²) >= 11 is 0. The van der Waals surface area contributed by atoms with Gasteiger partial charge in [-0.2, -0.15) is 0 Å². The number of carbonyl (C=O) groups is 1. The summed E-state index contributed by atoms with van der Waals surface area (Å²) in [5.74, 6) is 0.514. The topological polar surface area (TPSA) is 66.9 Å². The lowest BCUT2D eigenvalue weighted by Gasteiger charge is -2.08. The summed E-state index contributed by atoms with van der Waals surface area (Å²) in [6, 6.07) is 19.0. The van der Waals surface area contributed by atoms with E-state index in [1.807, 2.05) is 67.6 Å². The van der Waals surface area contributed by atoms with E-state index >= 15 is 0 Å². The molecular weight excluding hydrogens is 300 g/mol. The molecule has 0 saturated carbocycles. The zero-order valence-electron chi connectivity index (χ0n) is 13.4. The van der Waals surface area contributed by atoms with Gasteiger partial charge >= 0.3 is 0 Å². The minimum absolute atomic E-state index is 0.0380. The summed E-state index contributed by atoms with van der Waals surface area (Å²) in [6.07, 6.45) is 2.07. The monoisotopic (exact) mass is 318 g/mol. The van der Waals surface area contributed by atoms with Crippen molar-refractivity contribution in [1.29, 1.82) is 0 Å². The Labute approximate surface area is 140 Å². The maximum absolute atomic E-state index is 12.0. The van der Waals surface area contributed by atoms with Gasteiger partial charge in [-0.15, -0.1) is 0 Å². The fourth-order valence-corrected chi connectivity index (χ4v) is 2.26. The number of aromatic nitrogens is 2. The van der Waals surface area contributed by atoms with E-state index in [9.17, 15) is 4.79 Å². The number of nitrogens with one attached hydrogen (secondary N) is 2. The van der Waals surface area contributed by atoms with E-state index in [1.54, 1.807) is 6.20 Å². The molecule has 0 spiro atoms. The smallest absolute Gasteiger partial charge is 0.228 e. The summed E-state index contributed by atoms with van der Waals surface area (Å²) in [4.78, 5) is 20.5. The number of hydrogen-bond acceptors (Lipinski definition) is 4. The van der Waals surface area contributed by atoms with Gasteiger partial charge in [0.1, 0.15) is 0 Å². The number of nitrogens with zero attached hydrogens (tertiary/aromatic N) is 2. The standard InChI is InChI=1S/C19H18N4O/c1-14-11-12-20-19(21-14)23-17-9-7-16(8-10-17)22-18(24)13-15-5-3-2-4-6-15/h2-12H,13H2,1H3,(H,22,24)(H,20,21,23). The number of hydrogen-bond donors (Lipinski definition) is 2. The fraction of sp³-hybridized carbons (Fsp3) is 0.105. The van der Waals surface area contributed by atoms with Crippen molar-refractivity contribution in [3.63, 3.8) is 0 Å². The quantitative estimate of drug-likeness (QED) is 0.752. The summed E-state index contributed by atoms with van der Waals surface area (Å²) in [6.45, 7) is 1.91. The van der Waals surface area contributed by atoms with Gasteiger partial charge < -0.3 is 10.6 Å². The van der Waals surface area contributed by atoms with Gasteiger partial charge in [0, 0.05) is 23.3 Å². The molecule has 0 bridgehead atoms. The van der Waals surface area contributed by atoms with Crippen molar-refractivity contribution in [3.05, 3.63) is 78.1 Å². The zero-order chi connectivity index (χ0) is 16.8. The first-order valence-electron chi connectivity index (χ1n) is 7.69. The van der Waals surface area contributed by atoms with Crippen LogP contribution in [0, 0.1) is 6.92 Å². The molecule has 0 radical (unpaired) electrons. The van der Waals surface area contributed by atoms with E-state index in [-0.39, 0.29) is 5.91 Å². The lowest BCUT2D eigenvalue weighted by atomic mass is 10.1. The van der Waals surface area contributed by atoms with Crippen LogP contribution in [0.1, 0.15) is 11.3 Å². The van der Waals surface area contributed by atoms with Crippen LogP contribution in [0.4, 0.5) is 17.3 Å². The Balaban J connectivity index is 1.59. The summed E-state index contributed by atoms with van der Waals surface area (Å²) < 4.78 is 0. The Kier molecular flexibility index (Phi) is 4.81. The highest BCUT2D eigenvalue weighted by Crippen LogP contribution is 2.17. The van der Waals surface area contributed by atoms with Crippen molar-refractivity contribution in [3.8, 4) is 0 Å². The zero-order valence-corrected chi connectivity index (χ0v) is 13.4. The van der Waals surface area contributed by atoms with Gasteiger partial charge in [0.15, 0.2) is 0 Å². The molecule has 0 saturated heterocycles. The average molecular weight is 318 g/mol. The Bertz CT molecular complexity index is 816. The molecule has 0 aliphatic carbocycles. The molecule has 1 aromatic heterocycles. The molecule has 24 heavy (non-hydrogen) atoms. The molecule has 1 heterocycles. The molecule has 120 valence electrons. The minimum Gasteiger partial charge on any atom is -0.326 e. The summed E-state index contributed by atoms with van der Waals surface area (Å²) in [7, 11) is 0. The van der Waals surface area contributed by atoms with Crippen LogP contribution in [0.2, 0.25) is 0 Å². The number of benzene rings is 2. The lowest BCUT2D eigenvalue weighted by molar-refractivity contribution is -0.115. The van der Waals surface area contributed by atoms with E-state index in [0.717, 1.165) is 22.6 Å². The van der Waals surface area contributed by atoms with Crippen LogP contribution < -0.4 is 10.6 Å². The second kappa shape index (κ2) is 7.37. The van der Waals surface area contributed by atoms with Crippen LogP contribution in [0.3, 0.4) is 0 Å². The fourth-order valence-electron chi connectivity index (χ4n) is 2.26. The van der Waals surface area contributed by atoms with E-state index in [2.05, 4.69) is 20.6 Å². The molecule has 0 aliphatic heterocycles. The molecule has 1 amide bonds. The van der Waals surface area contributed by atoms with Crippen molar-refractivity contribution in [2.45, 2.75) is 13.3 Å². The van der Waals surface area contributed by atoms with Gasteiger partial charge in [-0.1, -0.05) is 30.3 Å². The second-order valence-electron chi connectivity index (χ2n) is 5.43. The van der Waals surface area contributed by atoms with Crippen LogP contribution in [0.15, 0.2) is 66.9 Å². The van der Waals surface area contributed by atoms with Crippen molar-refractivity contribution in [2.24, 2.45) is 0 Å². The van der Waals surface area contributed by atoms with Crippen LogP contribution in [-0.4, -0.2) is 15.9 Å². The highest BCUT2D eigenvalue weighted by molar-refractivity contribution is 5.92. The molecule has 3 rings (SSSR count). The maximum atomic E-state index is 12.0. The van der Waals surface area contributed by atoms with Gasteiger partial charge in [-0.25, -0.2) is 9.97 Å². The van der Waals surface area contributed by atoms with E-state index in [4.69, 9.17) is 0 Å². The molecule has 0 fully saturated rings. The predicted octanol–water partition coefficient (Wildman–Crippen LogP) is 3.71. The van der Waals surface area contributed by atoms with E-state index in [1.165, 1.54) is 0 Å².